The van der Waals surface area contributed by atoms with Gasteiger partial charge in [0.15, 0.2) is 5.69 Å². The van der Waals surface area contributed by atoms with Crippen LogP contribution in [-0.2, 0) is 10.2 Å². The third kappa shape index (κ3) is 2.11. The Morgan fingerprint density at radius 3 is 2.61 bits per heavy atom. The standard InChI is InChI=1S/C10H9N3O4S/c11-18(16,17)13-5-3-8(9(13)10(14)15)7-2-1-4-12-6-7/h1-6H,(H,14,15)(H2,11,16,17). The predicted octanol–water partition coefficient (Wildman–Crippen LogP) is 0.300. The Labute approximate surface area is 103 Å². The fourth-order valence-corrected chi connectivity index (χ4v) is 2.25. The molecule has 2 aromatic heterocycles. The van der Waals surface area contributed by atoms with Gasteiger partial charge in [-0.15, -0.1) is 0 Å². The summed E-state index contributed by atoms with van der Waals surface area (Å²) in [6, 6.07) is 4.61. The van der Waals surface area contributed by atoms with Gasteiger partial charge in [-0.3, -0.25) is 4.98 Å². The summed E-state index contributed by atoms with van der Waals surface area (Å²) in [6.45, 7) is 0. The van der Waals surface area contributed by atoms with Gasteiger partial charge in [-0.1, -0.05) is 6.07 Å². The number of carbonyl (C=O) groups is 1. The van der Waals surface area contributed by atoms with Crippen LogP contribution < -0.4 is 5.14 Å². The van der Waals surface area contributed by atoms with Gasteiger partial charge >= 0.3 is 16.2 Å². The lowest BCUT2D eigenvalue weighted by Gasteiger charge is -2.05. The van der Waals surface area contributed by atoms with E-state index in [2.05, 4.69) is 4.98 Å². The van der Waals surface area contributed by atoms with Gasteiger partial charge < -0.3 is 5.11 Å². The summed E-state index contributed by atoms with van der Waals surface area (Å²) in [7, 11) is -4.15. The lowest BCUT2D eigenvalue weighted by molar-refractivity contribution is 0.0690. The van der Waals surface area contributed by atoms with Crippen molar-refractivity contribution in [2.45, 2.75) is 0 Å². The highest BCUT2D eigenvalue weighted by atomic mass is 32.2. The number of carboxylic acid groups (broad SMARTS) is 1. The third-order valence-corrected chi connectivity index (χ3v) is 3.15. The molecule has 0 aliphatic carbocycles. The molecule has 0 aliphatic rings. The summed E-state index contributed by atoms with van der Waals surface area (Å²) in [5.41, 5.74) is 0.326. The van der Waals surface area contributed by atoms with E-state index in [4.69, 9.17) is 10.2 Å². The van der Waals surface area contributed by atoms with Gasteiger partial charge in [-0.25, -0.2) is 13.9 Å². The molecule has 18 heavy (non-hydrogen) atoms. The summed E-state index contributed by atoms with van der Waals surface area (Å²) in [6.07, 6.45) is 4.07. The average Bonchev–Trinajstić information content (AvgIpc) is 2.74. The van der Waals surface area contributed by atoms with Gasteiger partial charge in [0.1, 0.15) is 0 Å². The first-order valence-electron chi connectivity index (χ1n) is 4.79. The molecule has 0 spiro atoms. The minimum Gasteiger partial charge on any atom is -0.477 e. The van der Waals surface area contributed by atoms with Crippen LogP contribution in [0.5, 0.6) is 0 Å². The van der Waals surface area contributed by atoms with Crippen molar-refractivity contribution in [3.05, 3.63) is 42.5 Å². The van der Waals surface area contributed by atoms with Crippen LogP contribution in [0.3, 0.4) is 0 Å². The van der Waals surface area contributed by atoms with E-state index in [-0.39, 0.29) is 5.56 Å². The lowest BCUT2D eigenvalue weighted by Crippen LogP contribution is -2.24. The van der Waals surface area contributed by atoms with Crippen molar-refractivity contribution in [3.63, 3.8) is 0 Å². The number of hydrogen-bond acceptors (Lipinski definition) is 4. The normalized spacial score (nSPS) is 11.4. The molecule has 0 aliphatic heterocycles. The number of hydrogen-bond donors (Lipinski definition) is 2. The van der Waals surface area contributed by atoms with Crippen LogP contribution >= 0.6 is 0 Å². The van der Waals surface area contributed by atoms with Crippen LogP contribution in [0.25, 0.3) is 11.1 Å². The Bertz CT molecular complexity index is 691. The first kappa shape index (κ1) is 12.3. The minimum atomic E-state index is -4.15. The van der Waals surface area contributed by atoms with Gasteiger partial charge in [0, 0.05) is 29.7 Å². The number of carboxylic acids is 1. The van der Waals surface area contributed by atoms with E-state index in [0.717, 1.165) is 6.20 Å². The second kappa shape index (κ2) is 4.24. The first-order chi connectivity index (χ1) is 8.41. The van der Waals surface area contributed by atoms with Crippen LogP contribution in [0.2, 0.25) is 0 Å². The zero-order valence-electron chi connectivity index (χ0n) is 9.02. The fourth-order valence-electron chi connectivity index (χ4n) is 1.59. The molecule has 0 saturated heterocycles. The number of aromatic nitrogens is 2. The average molecular weight is 267 g/mol. The van der Waals surface area contributed by atoms with Crippen molar-refractivity contribution in [1.82, 2.24) is 8.96 Å². The van der Waals surface area contributed by atoms with Crippen molar-refractivity contribution < 1.29 is 18.3 Å². The van der Waals surface area contributed by atoms with E-state index in [1.165, 1.54) is 18.5 Å². The van der Waals surface area contributed by atoms with E-state index in [1.54, 1.807) is 12.1 Å². The van der Waals surface area contributed by atoms with Crippen LogP contribution in [0.15, 0.2) is 36.8 Å². The minimum absolute atomic E-state index is 0.240. The topological polar surface area (TPSA) is 115 Å². The summed E-state index contributed by atoms with van der Waals surface area (Å²) in [5.74, 6) is -1.38. The molecule has 0 amide bonds. The van der Waals surface area contributed by atoms with Gasteiger partial charge in [0.05, 0.1) is 0 Å². The molecule has 0 unspecified atom stereocenters. The number of rotatable bonds is 3. The monoisotopic (exact) mass is 267 g/mol. The van der Waals surface area contributed by atoms with Crippen LogP contribution in [-0.4, -0.2) is 28.5 Å². The molecule has 0 atom stereocenters. The molecule has 8 heteroatoms. The van der Waals surface area contributed by atoms with Gasteiger partial charge in [0.2, 0.25) is 0 Å². The van der Waals surface area contributed by atoms with Crippen molar-refractivity contribution >= 4 is 16.2 Å². The highest BCUT2D eigenvalue weighted by Crippen LogP contribution is 2.24. The second-order valence-corrected chi connectivity index (χ2v) is 4.89. The maximum atomic E-state index is 11.3. The first-order valence-corrected chi connectivity index (χ1v) is 6.30. The Kier molecular flexibility index (Phi) is 2.89. The van der Waals surface area contributed by atoms with E-state index >= 15 is 0 Å². The Balaban J connectivity index is 2.72. The van der Waals surface area contributed by atoms with E-state index in [1.807, 2.05) is 0 Å². The van der Waals surface area contributed by atoms with Gasteiger partial charge in [-0.2, -0.15) is 8.42 Å². The maximum Gasteiger partial charge on any atom is 0.354 e. The highest BCUT2D eigenvalue weighted by molar-refractivity contribution is 7.87. The van der Waals surface area contributed by atoms with E-state index in [9.17, 15) is 13.2 Å². The summed E-state index contributed by atoms with van der Waals surface area (Å²) in [5, 5.41) is 14.0. The molecule has 2 aromatic rings. The highest BCUT2D eigenvalue weighted by Gasteiger charge is 2.22. The van der Waals surface area contributed by atoms with E-state index in [0.29, 0.717) is 9.54 Å². The lowest BCUT2D eigenvalue weighted by atomic mass is 10.1. The molecule has 0 fully saturated rings. The Morgan fingerprint density at radius 2 is 2.11 bits per heavy atom. The van der Waals surface area contributed by atoms with Crippen molar-refractivity contribution in [3.8, 4) is 11.1 Å². The second-order valence-electron chi connectivity index (χ2n) is 3.47. The maximum absolute atomic E-state index is 11.3. The van der Waals surface area contributed by atoms with Crippen molar-refractivity contribution in [1.29, 1.82) is 0 Å². The van der Waals surface area contributed by atoms with Crippen molar-refractivity contribution in [2.24, 2.45) is 5.14 Å². The zero-order valence-corrected chi connectivity index (χ0v) is 9.83. The molecule has 7 nitrogen and oxygen atoms in total. The van der Waals surface area contributed by atoms with Crippen LogP contribution in [0, 0.1) is 0 Å². The molecule has 0 aromatic carbocycles. The smallest absolute Gasteiger partial charge is 0.354 e. The molecule has 94 valence electrons. The van der Waals surface area contributed by atoms with Crippen LogP contribution in [0.1, 0.15) is 10.5 Å². The molecular formula is C10H9N3O4S. The molecular weight excluding hydrogens is 258 g/mol. The predicted molar refractivity (Wildman–Crippen MR) is 63.1 cm³/mol. The molecule has 2 rings (SSSR count). The largest absolute Gasteiger partial charge is 0.477 e. The molecule has 2 heterocycles. The van der Waals surface area contributed by atoms with Crippen LogP contribution in [0.4, 0.5) is 0 Å². The Hall–Kier alpha value is -2.19. The number of nitrogens with zero attached hydrogens (tertiary/aromatic N) is 2. The molecule has 0 bridgehead atoms. The third-order valence-electron chi connectivity index (χ3n) is 2.30. The number of aromatic carboxylic acids is 1. The zero-order chi connectivity index (χ0) is 13.3. The molecule has 0 saturated carbocycles. The number of nitrogens with two attached hydrogens (primary N) is 1. The quantitative estimate of drug-likeness (QED) is 0.829. The summed E-state index contributed by atoms with van der Waals surface area (Å²) >= 11 is 0. The summed E-state index contributed by atoms with van der Waals surface area (Å²) < 4.78 is 23.1. The SMILES string of the molecule is NS(=O)(=O)n1ccc(-c2cccnc2)c1C(=O)O. The number of pyridine rings is 1. The molecule has 0 radical (unpaired) electrons. The Morgan fingerprint density at radius 1 is 1.39 bits per heavy atom. The molecule has 3 N–H and O–H groups in total. The van der Waals surface area contributed by atoms with Gasteiger partial charge in [0.25, 0.3) is 0 Å². The van der Waals surface area contributed by atoms with Crippen molar-refractivity contribution in [2.75, 3.05) is 0 Å². The van der Waals surface area contributed by atoms with Gasteiger partial charge in [-0.05, 0) is 12.1 Å². The summed E-state index contributed by atoms with van der Waals surface area (Å²) in [4.78, 5) is 15.0. The fraction of sp³-hybridized carbons (Fsp3) is 0. The van der Waals surface area contributed by atoms with E-state index < -0.39 is 21.9 Å².